The molecule has 2 aliphatic rings. The van der Waals surface area contributed by atoms with E-state index in [2.05, 4.69) is 10.4 Å². The first-order chi connectivity index (χ1) is 11.0. The van der Waals surface area contributed by atoms with Crippen LogP contribution in [0.2, 0.25) is 0 Å². The molecule has 2 amide bonds. The minimum absolute atomic E-state index is 0.0135. The van der Waals surface area contributed by atoms with Crippen LogP contribution < -0.4 is 5.32 Å². The van der Waals surface area contributed by atoms with Crippen molar-refractivity contribution in [1.82, 2.24) is 20.0 Å². The second-order valence-corrected chi connectivity index (χ2v) is 6.91. The van der Waals surface area contributed by atoms with E-state index in [4.69, 9.17) is 0 Å². The maximum atomic E-state index is 12.4. The number of carbonyl (C=O) groups excluding carboxylic acids is 2. The summed E-state index contributed by atoms with van der Waals surface area (Å²) in [6.07, 6.45) is 8.51. The van der Waals surface area contributed by atoms with Gasteiger partial charge in [0.2, 0.25) is 11.8 Å². The molecule has 0 radical (unpaired) electrons. The number of nitrogens with zero attached hydrogens (tertiary/aromatic N) is 3. The number of rotatable bonds is 4. The third kappa shape index (κ3) is 3.57. The Kier molecular flexibility index (Phi) is 4.68. The molecule has 6 heteroatoms. The van der Waals surface area contributed by atoms with Crippen LogP contribution in [0.15, 0.2) is 12.4 Å². The van der Waals surface area contributed by atoms with Gasteiger partial charge in [0.1, 0.15) is 0 Å². The van der Waals surface area contributed by atoms with Crippen LogP contribution in [0.25, 0.3) is 0 Å². The van der Waals surface area contributed by atoms with E-state index in [0.717, 1.165) is 31.2 Å². The van der Waals surface area contributed by atoms with Crippen LogP contribution in [0.1, 0.15) is 50.6 Å². The number of carbonyl (C=O) groups is 2. The summed E-state index contributed by atoms with van der Waals surface area (Å²) in [5.41, 5.74) is 1.01. The first kappa shape index (κ1) is 16.0. The van der Waals surface area contributed by atoms with Crippen LogP contribution in [-0.2, 0) is 16.6 Å². The molecule has 1 aliphatic heterocycles. The Morgan fingerprint density at radius 3 is 2.43 bits per heavy atom. The van der Waals surface area contributed by atoms with Gasteiger partial charge in [0.05, 0.1) is 12.2 Å². The zero-order valence-electron chi connectivity index (χ0n) is 14.0. The fourth-order valence-corrected chi connectivity index (χ4v) is 3.35. The summed E-state index contributed by atoms with van der Waals surface area (Å²) in [4.78, 5) is 26.6. The molecule has 2 heterocycles. The standard InChI is InChI=1S/C17H26N4O2/c1-12(15-10-18-20(2)11-15)19-16(22)13-6-8-21(9-7-13)17(23)14-4-3-5-14/h10-14H,3-9H2,1-2H3,(H,19,22). The Balaban J connectivity index is 1.47. The molecule has 2 fully saturated rings. The Morgan fingerprint density at radius 1 is 1.22 bits per heavy atom. The quantitative estimate of drug-likeness (QED) is 0.917. The zero-order valence-corrected chi connectivity index (χ0v) is 14.0. The number of aromatic nitrogens is 2. The Hall–Kier alpha value is -1.85. The lowest BCUT2D eigenvalue weighted by atomic mass is 9.83. The summed E-state index contributed by atoms with van der Waals surface area (Å²) >= 11 is 0. The van der Waals surface area contributed by atoms with E-state index in [1.165, 1.54) is 6.42 Å². The number of nitrogens with one attached hydrogen (secondary N) is 1. The predicted molar refractivity (Wildman–Crippen MR) is 86.4 cm³/mol. The molecule has 1 aromatic heterocycles. The molecule has 23 heavy (non-hydrogen) atoms. The van der Waals surface area contributed by atoms with E-state index in [1.807, 2.05) is 25.1 Å². The lowest BCUT2D eigenvalue weighted by Crippen LogP contribution is -2.46. The highest BCUT2D eigenvalue weighted by molar-refractivity contribution is 5.81. The van der Waals surface area contributed by atoms with Gasteiger partial charge in [-0.3, -0.25) is 14.3 Å². The van der Waals surface area contributed by atoms with Gasteiger partial charge in [-0.1, -0.05) is 6.42 Å². The van der Waals surface area contributed by atoms with Gasteiger partial charge >= 0.3 is 0 Å². The summed E-state index contributed by atoms with van der Waals surface area (Å²) in [6.45, 7) is 3.41. The monoisotopic (exact) mass is 318 g/mol. The molecule has 1 aliphatic carbocycles. The highest BCUT2D eigenvalue weighted by atomic mass is 16.2. The molecule has 0 bridgehead atoms. The van der Waals surface area contributed by atoms with E-state index in [9.17, 15) is 9.59 Å². The van der Waals surface area contributed by atoms with E-state index < -0.39 is 0 Å². The average Bonchev–Trinajstić information content (AvgIpc) is 2.92. The van der Waals surface area contributed by atoms with Crippen LogP contribution in [0, 0.1) is 11.8 Å². The van der Waals surface area contributed by atoms with Crippen molar-refractivity contribution >= 4 is 11.8 Å². The molecule has 0 aromatic carbocycles. The number of hydrogen-bond acceptors (Lipinski definition) is 3. The second kappa shape index (κ2) is 6.72. The van der Waals surface area contributed by atoms with Crippen molar-refractivity contribution in [2.24, 2.45) is 18.9 Å². The highest BCUT2D eigenvalue weighted by Gasteiger charge is 2.33. The molecular weight excluding hydrogens is 292 g/mol. The summed E-state index contributed by atoms with van der Waals surface area (Å²) < 4.78 is 1.74. The molecule has 1 aromatic rings. The van der Waals surface area contributed by atoms with Crippen molar-refractivity contribution in [3.8, 4) is 0 Å². The fourth-order valence-electron chi connectivity index (χ4n) is 3.35. The zero-order chi connectivity index (χ0) is 16.4. The van der Waals surface area contributed by atoms with Crippen molar-refractivity contribution in [1.29, 1.82) is 0 Å². The molecule has 1 N–H and O–H groups in total. The van der Waals surface area contributed by atoms with E-state index in [0.29, 0.717) is 19.0 Å². The molecule has 1 atom stereocenters. The number of aryl methyl sites for hydroxylation is 1. The first-order valence-corrected chi connectivity index (χ1v) is 8.62. The van der Waals surface area contributed by atoms with Gasteiger partial charge in [0.25, 0.3) is 0 Å². The van der Waals surface area contributed by atoms with Crippen molar-refractivity contribution in [2.75, 3.05) is 13.1 Å². The first-order valence-electron chi connectivity index (χ1n) is 8.62. The number of hydrogen-bond donors (Lipinski definition) is 1. The molecule has 126 valence electrons. The molecule has 3 rings (SSSR count). The average molecular weight is 318 g/mol. The molecule has 6 nitrogen and oxygen atoms in total. The normalized spacial score (nSPS) is 20.9. The largest absolute Gasteiger partial charge is 0.349 e. The Labute approximate surface area is 137 Å². The molecule has 1 saturated heterocycles. The fraction of sp³-hybridized carbons (Fsp3) is 0.706. The molecule has 1 saturated carbocycles. The van der Waals surface area contributed by atoms with E-state index in [-0.39, 0.29) is 23.8 Å². The summed E-state index contributed by atoms with van der Waals surface area (Å²) in [7, 11) is 1.87. The van der Waals surface area contributed by atoms with Crippen molar-refractivity contribution in [2.45, 2.75) is 45.1 Å². The summed E-state index contributed by atoms with van der Waals surface area (Å²) in [5, 5.41) is 7.21. The third-order valence-electron chi connectivity index (χ3n) is 5.22. The van der Waals surface area contributed by atoms with Gasteiger partial charge in [-0.2, -0.15) is 5.10 Å². The van der Waals surface area contributed by atoms with Gasteiger partial charge in [0.15, 0.2) is 0 Å². The lowest BCUT2D eigenvalue weighted by Gasteiger charge is -2.36. The van der Waals surface area contributed by atoms with Crippen molar-refractivity contribution in [3.05, 3.63) is 18.0 Å². The molecule has 1 unspecified atom stereocenters. The van der Waals surface area contributed by atoms with Gasteiger partial charge in [-0.05, 0) is 32.6 Å². The van der Waals surface area contributed by atoms with E-state index in [1.54, 1.807) is 10.9 Å². The van der Waals surface area contributed by atoms with Crippen LogP contribution >= 0.6 is 0 Å². The van der Waals surface area contributed by atoms with Gasteiger partial charge in [-0.25, -0.2) is 0 Å². The van der Waals surface area contributed by atoms with Crippen LogP contribution in [0.5, 0.6) is 0 Å². The second-order valence-electron chi connectivity index (χ2n) is 6.91. The van der Waals surface area contributed by atoms with Crippen LogP contribution in [0.4, 0.5) is 0 Å². The lowest BCUT2D eigenvalue weighted by molar-refractivity contribution is -0.141. The minimum atomic E-state index is -0.0363. The Bertz CT molecular complexity index is 571. The molecule has 0 spiro atoms. The van der Waals surface area contributed by atoms with Crippen LogP contribution in [-0.4, -0.2) is 39.6 Å². The Morgan fingerprint density at radius 2 is 1.91 bits per heavy atom. The summed E-state index contributed by atoms with van der Waals surface area (Å²) in [5.74, 6) is 0.668. The predicted octanol–water partition coefficient (Wildman–Crippen LogP) is 1.64. The van der Waals surface area contributed by atoms with Gasteiger partial charge < -0.3 is 10.2 Å². The van der Waals surface area contributed by atoms with Crippen molar-refractivity contribution in [3.63, 3.8) is 0 Å². The SMILES string of the molecule is CC(NC(=O)C1CCN(C(=O)C2CCC2)CC1)c1cnn(C)c1. The highest BCUT2D eigenvalue weighted by Crippen LogP contribution is 2.30. The van der Waals surface area contributed by atoms with Gasteiger partial charge in [-0.15, -0.1) is 0 Å². The minimum Gasteiger partial charge on any atom is -0.349 e. The topological polar surface area (TPSA) is 67.2 Å². The number of likely N-dealkylation sites (tertiary alicyclic amines) is 1. The molecular formula is C17H26N4O2. The number of piperidine rings is 1. The van der Waals surface area contributed by atoms with Crippen LogP contribution in [0.3, 0.4) is 0 Å². The van der Waals surface area contributed by atoms with E-state index >= 15 is 0 Å². The summed E-state index contributed by atoms with van der Waals surface area (Å²) in [6, 6.07) is -0.0363. The third-order valence-corrected chi connectivity index (χ3v) is 5.22. The number of amides is 2. The maximum absolute atomic E-state index is 12.4. The smallest absolute Gasteiger partial charge is 0.225 e. The van der Waals surface area contributed by atoms with Crippen molar-refractivity contribution < 1.29 is 9.59 Å². The maximum Gasteiger partial charge on any atom is 0.225 e. The van der Waals surface area contributed by atoms with Gasteiger partial charge in [0, 0.05) is 43.7 Å².